The van der Waals surface area contributed by atoms with Gasteiger partial charge in [0.15, 0.2) is 0 Å². The number of nitrogens with zero attached hydrogens (tertiary/aromatic N) is 4. The molecule has 2 aromatic heterocycles. The van der Waals surface area contributed by atoms with Gasteiger partial charge < -0.3 is 0 Å². The number of hydrogen-bond donors (Lipinski definition) is 0. The van der Waals surface area contributed by atoms with E-state index in [4.69, 9.17) is 18.5 Å². The molecule has 2 rings (SSSR count). The van der Waals surface area contributed by atoms with Crippen molar-refractivity contribution in [3.05, 3.63) is 35.3 Å². The first kappa shape index (κ1) is 4.19. The molecule has 0 aliphatic heterocycles. The molecule has 0 radical (unpaired) electrons. The van der Waals surface area contributed by atoms with Crippen LogP contribution < -0.4 is 0 Å². The fourth-order valence-corrected chi connectivity index (χ4v) is 0.912. The zero-order valence-electron chi connectivity index (χ0n) is 11.3. The molecule has 5 heteroatoms. The van der Waals surface area contributed by atoms with Crippen molar-refractivity contribution in [2.75, 3.05) is 0 Å². The smallest absolute Gasteiger partial charge is 0.220 e. The number of halogens is 1. The van der Waals surface area contributed by atoms with E-state index < -0.39 is 24.8 Å². The molecule has 0 saturated heterocycles. The van der Waals surface area contributed by atoms with E-state index in [-0.39, 0.29) is 11.1 Å². The van der Waals surface area contributed by atoms with Gasteiger partial charge in [0.25, 0.3) is 5.95 Å². The summed E-state index contributed by atoms with van der Waals surface area (Å²) in [6.07, 6.45) is 0.413. The largest absolute Gasteiger partial charge is 0.251 e. The predicted octanol–water partition coefficient (Wildman–Crippen LogP) is 1.62. The van der Waals surface area contributed by atoms with Gasteiger partial charge >= 0.3 is 0 Å². The highest BCUT2D eigenvalue weighted by Gasteiger charge is 2.00. The summed E-state index contributed by atoms with van der Waals surface area (Å²) < 4.78 is 37.8. The Kier molecular flexibility index (Phi) is 1.01. The van der Waals surface area contributed by atoms with E-state index in [1.54, 1.807) is 0 Å². The van der Waals surface area contributed by atoms with Crippen molar-refractivity contribution < 1.29 is 6.85 Å². The van der Waals surface area contributed by atoms with Crippen LogP contribution in [-0.2, 0) is 0 Å². The van der Waals surface area contributed by atoms with Gasteiger partial charge in [0, 0.05) is 16.5 Å². The molecule has 66 valence electrons. The zero-order valence-corrected chi connectivity index (χ0v) is 7.08. The quantitative estimate of drug-likeness (QED) is 0.656. The Morgan fingerprint density at radius 2 is 2.62 bits per heavy atom. The lowest BCUT2D eigenvalue weighted by molar-refractivity contribution is 0.808. The van der Waals surface area contributed by atoms with Crippen LogP contribution in [0.25, 0.3) is 5.95 Å². The molecule has 0 aliphatic carbocycles. The summed E-state index contributed by atoms with van der Waals surface area (Å²) >= 11 is 5.67. The van der Waals surface area contributed by atoms with Crippen LogP contribution in [0.3, 0.4) is 0 Å². The standard InChI is InChI=1S/C8H7ClN4/c1-6-4-11-13(5-6)8-10-3-2-7(9)12-8/h2-5H,1H3/i1D3,4D,5D. The minimum absolute atomic E-state index is 0.0449. The molecule has 0 bridgehead atoms. The molecule has 0 N–H and O–H groups in total. The highest BCUT2D eigenvalue weighted by molar-refractivity contribution is 6.29. The highest BCUT2D eigenvalue weighted by Crippen LogP contribution is 2.06. The van der Waals surface area contributed by atoms with Crippen LogP contribution in [0.15, 0.2) is 24.6 Å². The second-order valence-corrected chi connectivity index (χ2v) is 2.58. The summed E-state index contributed by atoms with van der Waals surface area (Å²) in [6, 6.07) is 1.43. The summed E-state index contributed by atoms with van der Waals surface area (Å²) in [5.41, 5.74) is -0.439. The van der Waals surface area contributed by atoms with Gasteiger partial charge in [-0.1, -0.05) is 11.6 Å². The average molecular weight is 200 g/mol. The monoisotopic (exact) mass is 199 g/mol. The summed E-state index contributed by atoms with van der Waals surface area (Å²) in [5.74, 6) is -0.0449. The van der Waals surface area contributed by atoms with E-state index in [1.807, 2.05) is 0 Å². The SMILES string of the molecule is [2H]c1nn(-c2nccc(Cl)n2)c([2H])c1C([2H])([2H])[2H]. The molecule has 0 aliphatic rings. The van der Waals surface area contributed by atoms with Crippen LogP contribution in [-0.4, -0.2) is 19.7 Å². The zero-order chi connectivity index (χ0) is 13.5. The van der Waals surface area contributed by atoms with Gasteiger partial charge in [-0.15, -0.1) is 0 Å². The third-order valence-electron chi connectivity index (χ3n) is 1.28. The van der Waals surface area contributed by atoms with E-state index in [1.165, 1.54) is 12.3 Å². The Balaban J connectivity index is 2.61. The Bertz CT molecular complexity index is 594. The minimum Gasteiger partial charge on any atom is -0.220 e. The van der Waals surface area contributed by atoms with E-state index in [0.717, 1.165) is 4.68 Å². The Hall–Kier alpha value is -1.42. The number of hydrogen-bond acceptors (Lipinski definition) is 3. The molecule has 0 saturated carbocycles. The van der Waals surface area contributed by atoms with Crippen molar-refractivity contribution in [1.82, 2.24) is 19.7 Å². The normalized spacial score (nSPS) is 16.8. The fourth-order valence-electron chi connectivity index (χ4n) is 0.780. The number of rotatable bonds is 1. The maximum atomic E-state index is 7.73. The third-order valence-corrected chi connectivity index (χ3v) is 1.49. The predicted molar refractivity (Wildman–Crippen MR) is 48.9 cm³/mol. The van der Waals surface area contributed by atoms with Gasteiger partial charge in [0.2, 0.25) is 0 Å². The highest BCUT2D eigenvalue weighted by atomic mass is 35.5. The molecule has 0 fully saturated rings. The maximum Gasteiger partial charge on any atom is 0.251 e. The van der Waals surface area contributed by atoms with Gasteiger partial charge in [-0.2, -0.15) is 10.1 Å². The van der Waals surface area contributed by atoms with Crippen LogP contribution in [0, 0.1) is 6.85 Å². The van der Waals surface area contributed by atoms with Gasteiger partial charge in [-0.25, -0.2) is 9.67 Å². The van der Waals surface area contributed by atoms with Gasteiger partial charge in [-0.3, -0.25) is 0 Å². The van der Waals surface area contributed by atoms with Crippen molar-refractivity contribution in [2.24, 2.45) is 0 Å². The molecule has 0 amide bonds. The molecular weight excluding hydrogens is 188 g/mol. The second-order valence-electron chi connectivity index (χ2n) is 2.19. The minimum atomic E-state index is -2.58. The first-order valence-corrected chi connectivity index (χ1v) is 3.74. The van der Waals surface area contributed by atoms with E-state index >= 15 is 0 Å². The molecule has 0 unspecified atom stereocenters. The summed E-state index contributed by atoms with van der Waals surface area (Å²) in [5, 5.41) is 3.78. The topological polar surface area (TPSA) is 43.6 Å². The van der Waals surface area contributed by atoms with E-state index in [0.29, 0.717) is 0 Å². The molecule has 0 atom stereocenters. The van der Waals surface area contributed by atoms with Crippen molar-refractivity contribution >= 4 is 11.6 Å². The Labute approximate surface area is 87.2 Å². The van der Waals surface area contributed by atoms with Gasteiger partial charge in [-0.05, 0) is 18.5 Å². The Morgan fingerprint density at radius 3 is 3.31 bits per heavy atom. The van der Waals surface area contributed by atoms with E-state index in [2.05, 4.69) is 15.1 Å². The van der Waals surface area contributed by atoms with Crippen molar-refractivity contribution in [3.63, 3.8) is 0 Å². The van der Waals surface area contributed by atoms with Crippen molar-refractivity contribution in [2.45, 2.75) is 6.85 Å². The molecule has 2 heterocycles. The van der Waals surface area contributed by atoms with Gasteiger partial charge in [0.1, 0.15) is 5.15 Å². The summed E-state index contributed by atoms with van der Waals surface area (Å²) in [6.45, 7) is -2.58. The van der Waals surface area contributed by atoms with Gasteiger partial charge in [0.05, 0.1) is 8.91 Å². The lowest BCUT2D eigenvalue weighted by Gasteiger charge is -1.97. The van der Waals surface area contributed by atoms with Crippen LogP contribution >= 0.6 is 11.6 Å². The molecule has 0 spiro atoms. The van der Waals surface area contributed by atoms with E-state index in [9.17, 15) is 0 Å². The third kappa shape index (κ3) is 1.67. The Morgan fingerprint density at radius 1 is 1.69 bits per heavy atom. The molecule has 13 heavy (non-hydrogen) atoms. The summed E-state index contributed by atoms with van der Waals surface area (Å²) in [7, 11) is 0. The van der Waals surface area contributed by atoms with Crippen LogP contribution in [0.5, 0.6) is 0 Å². The fraction of sp³-hybridized carbons (Fsp3) is 0.125. The first-order chi connectivity index (χ1) is 8.30. The van der Waals surface area contributed by atoms with Crippen LogP contribution in [0.2, 0.25) is 5.15 Å². The molecule has 0 aromatic carbocycles. The maximum absolute atomic E-state index is 7.73. The second kappa shape index (κ2) is 3.14. The molecular formula is C8H7ClN4. The van der Waals surface area contributed by atoms with Crippen LogP contribution in [0.1, 0.15) is 12.4 Å². The molecule has 2 aromatic rings. The van der Waals surface area contributed by atoms with Crippen molar-refractivity contribution in [3.8, 4) is 5.95 Å². The van der Waals surface area contributed by atoms with Crippen molar-refractivity contribution in [1.29, 1.82) is 0 Å². The summed E-state index contributed by atoms with van der Waals surface area (Å²) in [4.78, 5) is 7.63. The molecule has 4 nitrogen and oxygen atoms in total. The lowest BCUT2D eigenvalue weighted by Crippen LogP contribution is -2.00. The first-order valence-electron chi connectivity index (χ1n) is 5.86. The average Bonchev–Trinajstić information content (AvgIpc) is 2.53. The lowest BCUT2D eigenvalue weighted by atomic mass is 10.4. The van der Waals surface area contributed by atoms with Crippen LogP contribution in [0.4, 0.5) is 0 Å². The number of aromatic nitrogens is 4.